The van der Waals surface area contributed by atoms with Gasteiger partial charge in [0, 0.05) is 65.2 Å². The molecule has 1 amide bonds. The number of carbonyl (C=O) groups excluding carboxylic acids is 8. The van der Waals surface area contributed by atoms with E-state index in [4.69, 9.17) is 61.6 Å². The predicted octanol–water partition coefficient (Wildman–Crippen LogP) is 15.6. The summed E-state index contributed by atoms with van der Waals surface area (Å²) < 4.78 is 82.0. The zero-order valence-corrected chi connectivity index (χ0v) is 65.3. The number of nitrogens with one attached hydrogen (secondary N) is 1. The van der Waals surface area contributed by atoms with E-state index in [1.165, 1.54) is 151 Å². The van der Waals surface area contributed by atoms with Crippen LogP contribution in [-0.4, -0.2) is 154 Å². The highest BCUT2D eigenvalue weighted by molar-refractivity contribution is 5.89. The second-order valence-corrected chi connectivity index (χ2v) is 29.2. The summed E-state index contributed by atoms with van der Waals surface area (Å²) in [6.45, 7) is 20.5. The van der Waals surface area contributed by atoms with Gasteiger partial charge >= 0.3 is 41.8 Å². The van der Waals surface area contributed by atoms with E-state index in [9.17, 15) is 38.4 Å². The molecule has 588 valence electrons. The van der Waals surface area contributed by atoms with Crippen molar-refractivity contribution in [3.8, 4) is 0 Å². The van der Waals surface area contributed by atoms with E-state index >= 15 is 0 Å². The predicted molar refractivity (Wildman–Crippen MR) is 391 cm³/mol. The molecule has 3 heterocycles. The minimum atomic E-state index is -2.17. The number of methoxy groups -OCH3 is 1. The Kier molecular flexibility index (Phi) is 43.7. The molecule has 0 saturated carbocycles. The van der Waals surface area contributed by atoms with Crippen LogP contribution < -0.4 is 5.32 Å². The number of unbranched alkanes of at least 4 members (excludes halogenated alkanes) is 25. The molecular formula is C81H133NO21. The smallest absolute Gasteiger partial charge is 0.366 e. The Morgan fingerprint density at radius 3 is 1.57 bits per heavy atom. The zero-order valence-electron chi connectivity index (χ0n) is 65.3. The topological polar surface area (TPSA) is 269 Å². The number of esters is 7. The summed E-state index contributed by atoms with van der Waals surface area (Å²) in [5, 5.41) is 3.15. The fraction of sp³-hybridized carbons (Fsp3) is 0.802. The average Bonchev–Trinajstić information content (AvgIpc) is 0.753. The van der Waals surface area contributed by atoms with E-state index < -0.39 is 145 Å². The molecule has 0 spiro atoms. The first-order valence-electron chi connectivity index (χ1n) is 39.4. The van der Waals surface area contributed by atoms with Gasteiger partial charge in [0.2, 0.25) is 5.91 Å². The number of rotatable bonds is 51. The Morgan fingerprint density at radius 2 is 1.07 bits per heavy atom. The third-order valence-corrected chi connectivity index (χ3v) is 20.5. The van der Waals surface area contributed by atoms with Gasteiger partial charge in [0.15, 0.2) is 24.8 Å². The molecule has 22 nitrogen and oxygen atoms in total. The SMILES string of the molecule is CCCCCCCCCCCCC/C=C/[C@@H](OC(=O)c1ccccc1)[C@H](CO[C@H]1O[C@H](COC(C)=O)[C@@H](O[C@@H]2OC(COC(C)=O)[C@H](C)[C@H](O[C@]3(C(=O)OC)CC(C)[C@H](C)[C@H]([C@H](C)[C@@H](CC)OC(C)=O)O3)C2OC(C)=O)C(C)C1OC(C)=O)NC(=O)CCCCCCCCCCCCCCCCC. The summed E-state index contributed by atoms with van der Waals surface area (Å²) in [5.74, 6) is -10.1. The summed E-state index contributed by atoms with van der Waals surface area (Å²) in [5.41, 5.74) is 0.299. The Morgan fingerprint density at radius 1 is 0.563 bits per heavy atom. The van der Waals surface area contributed by atoms with Gasteiger partial charge in [-0.25, -0.2) is 9.59 Å². The van der Waals surface area contributed by atoms with Crippen LogP contribution in [0.25, 0.3) is 0 Å². The van der Waals surface area contributed by atoms with E-state index in [1.807, 2.05) is 33.8 Å². The normalized spacial score (nSPS) is 26.1. The van der Waals surface area contributed by atoms with Crippen molar-refractivity contribution in [3.05, 3.63) is 48.0 Å². The summed E-state index contributed by atoms with van der Waals surface area (Å²) >= 11 is 0. The number of hydrogen-bond acceptors (Lipinski definition) is 21. The first kappa shape index (κ1) is 89.9. The van der Waals surface area contributed by atoms with Crippen molar-refractivity contribution in [2.45, 2.75) is 362 Å². The molecule has 5 unspecified atom stereocenters. The Labute approximate surface area is 616 Å². The van der Waals surface area contributed by atoms with Crippen LogP contribution in [0.3, 0.4) is 0 Å². The lowest BCUT2D eigenvalue weighted by Crippen LogP contribution is -2.66. The second-order valence-electron chi connectivity index (χ2n) is 29.2. The molecule has 4 rings (SSSR count). The Balaban J connectivity index is 1.72. The lowest BCUT2D eigenvalue weighted by molar-refractivity contribution is -0.377. The molecule has 22 heteroatoms. The van der Waals surface area contributed by atoms with Crippen molar-refractivity contribution in [3.63, 3.8) is 0 Å². The minimum Gasteiger partial charge on any atom is -0.465 e. The van der Waals surface area contributed by atoms with Gasteiger partial charge in [-0.3, -0.25) is 28.8 Å². The largest absolute Gasteiger partial charge is 0.465 e. The van der Waals surface area contributed by atoms with Crippen LogP contribution in [0.5, 0.6) is 0 Å². The highest BCUT2D eigenvalue weighted by Crippen LogP contribution is 2.46. The fourth-order valence-corrected chi connectivity index (χ4v) is 14.4. The minimum absolute atomic E-state index is 0.0369. The molecule has 3 aliphatic heterocycles. The van der Waals surface area contributed by atoms with Crippen LogP contribution in [-0.2, 0) is 95.1 Å². The lowest BCUT2D eigenvalue weighted by atomic mass is 9.76. The third kappa shape index (κ3) is 32.6. The number of benzene rings is 1. The van der Waals surface area contributed by atoms with E-state index in [0.717, 1.165) is 51.4 Å². The van der Waals surface area contributed by atoms with Crippen molar-refractivity contribution >= 4 is 47.7 Å². The highest BCUT2D eigenvalue weighted by Gasteiger charge is 2.60. The first-order chi connectivity index (χ1) is 49.4. The van der Waals surface area contributed by atoms with Gasteiger partial charge in [-0.05, 0) is 55.7 Å². The number of allylic oxidation sites excluding steroid dienone is 1. The van der Waals surface area contributed by atoms with Crippen molar-refractivity contribution < 1.29 is 99.9 Å². The monoisotopic (exact) mass is 1460 g/mol. The molecule has 1 N–H and O–H groups in total. The molecule has 3 fully saturated rings. The van der Waals surface area contributed by atoms with Crippen LogP contribution >= 0.6 is 0 Å². The van der Waals surface area contributed by atoms with Crippen LogP contribution in [0.15, 0.2) is 42.5 Å². The van der Waals surface area contributed by atoms with Gasteiger partial charge in [-0.15, -0.1) is 0 Å². The highest BCUT2D eigenvalue weighted by atomic mass is 16.8. The van der Waals surface area contributed by atoms with Gasteiger partial charge < -0.3 is 66.9 Å². The van der Waals surface area contributed by atoms with E-state index in [2.05, 4.69) is 19.2 Å². The molecule has 0 radical (unpaired) electrons. The van der Waals surface area contributed by atoms with Crippen LogP contribution in [0, 0.1) is 29.6 Å². The molecule has 103 heavy (non-hydrogen) atoms. The standard InChI is InChI=1S/C81H133NO21/c1-15-18-20-22-24-26-28-30-31-33-35-37-39-41-46-50-71(88)82-66(68(98-77(89)65-47-43-42-44-48-65)49-45-40-38-36-34-32-29-27-25-23-21-19-16-2)52-94-78-75(96-63(12)86)59(8)73(70(100-78)54-93-61(10)84)101-79-76(97-64(13)87)74(58(7)69(99-79)53-92-60(9)83)103-81(80(90)91-14)51-55(4)56(5)72(102-81)57(6)67(17-3)95-62(11)85/h42-45,47-49,55-59,66-70,72-76,78-79H,15-41,46,50-54H2,1-14H3,(H,82,88)/b49-45+/t55?,56-,57+,58-,59?,66-,67+,68+,69?,70+,72+,73-,74-,75?,76?,78-,79-,81-/m0/s1. The molecule has 3 saturated heterocycles. The number of carbonyl (C=O) groups is 8. The zero-order chi connectivity index (χ0) is 75.7. The van der Waals surface area contributed by atoms with Crippen molar-refractivity contribution in [2.75, 3.05) is 26.9 Å². The summed E-state index contributed by atoms with van der Waals surface area (Å²) in [7, 11) is 1.19. The Bertz CT molecular complexity index is 2640. The molecule has 0 aromatic heterocycles. The van der Waals surface area contributed by atoms with Crippen LogP contribution in [0.4, 0.5) is 0 Å². The lowest BCUT2D eigenvalue weighted by Gasteiger charge is -2.52. The molecule has 0 bridgehead atoms. The number of ether oxygens (including phenoxy) is 13. The first-order valence-corrected chi connectivity index (χ1v) is 39.4. The second kappa shape index (κ2) is 50.1. The van der Waals surface area contributed by atoms with Gasteiger partial charge in [0.05, 0.1) is 37.5 Å². The Hall–Kier alpha value is -5.52. The summed E-state index contributed by atoms with van der Waals surface area (Å²) in [6, 6.07) is 7.54. The molecule has 18 atom stereocenters. The molecule has 1 aromatic rings. The van der Waals surface area contributed by atoms with Crippen LogP contribution in [0.2, 0.25) is 0 Å². The maximum absolute atomic E-state index is 14.5. The van der Waals surface area contributed by atoms with Crippen molar-refractivity contribution in [2.24, 2.45) is 29.6 Å². The van der Waals surface area contributed by atoms with Gasteiger partial charge in [0.1, 0.15) is 43.7 Å². The van der Waals surface area contributed by atoms with Crippen molar-refractivity contribution in [1.82, 2.24) is 5.32 Å². The third-order valence-electron chi connectivity index (χ3n) is 20.5. The molecule has 3 aliphatic rings. The van der Waals surface area contributed by atoms with E-state index in [1.54, 1.807) is 50.3 Å². The number of amides is 1. The summed E-state index contributed by atoms with van der Waals surface area (Å²) in [6.07, 6.45) is 22.3. The molecule has 1 aromatic carbocycles. The summed E-state index contributed by atoms with van der Waals surface area (Å²) in [4.78, 5) is 108. The van der Waals surface area contributed by atoms with E-state index in [0.29, 0.717) is 24.8 Å². The maximum atomic E-state index is 14.5. The molecule has 0 aliphatic carbocycles. The average molecular weight is 1460 g/mol. The van der Waals surface area contributed by atoms with E-state index in [-0.39, 0.29) is 43.8 Å². The fourth-order valence-electron chi connectivity index (χ4n) is 14.4. The number of hydrogen-bond donors (Lipinski definition) is 1. The maximum Gasteiger partial charge on any atom is 0.366 e. The van der Waals surface area contributed by atoms with Crippen molar-refractivity contribution in [1.29, 1.82) is 0 Å². The van der Waals surface area contributed by atoms with Gasteiger partial charge in [0.25, 0.3) is 5.79 Å². The van der Waals surface area contributed by atoms with Gasteiger partial charge in [-0.2, -0.15) is 0 Å². The van der Waals surface area contributed by atoms with Gasteiger partial charge in [-0.1, -0.05) is 234 Å². The quantitative estimate of drug-likeness (QED) is 0.0275. The van der Waals surface area contributed by atoms with Crippen LogP contribution in [0.1, 0.15) is 293 Å². The molecular weight excluding hydrogens is 1320 g/mol.